The lowest BCUT2D eigenvalue weighted by Crippen LogP contribution is -2.33. The largest absolute Gasteiger partial charge is 0.342 e. The second-order valence-corrected chi connectivity index (χ2v) is 8.87. The third-order valence-electron chi connectivity index (χ3n) is 5.68. The molecule has 1 aliphatic rings. The summed E-state index contributed by atoms with van der Waals surface area (Å²) in [6, 6.07) is 22.8. The van der Waals surface area contributed by atoms with Crippen LogP contribution in [0.15, 0.2) is 90.0 Å². The number of thioether (sulfide) groups is 1. The minimum atomic E-state index is -0.495. The molecule has 4 aromatic rings. The molecule has 0 unspecified atom stereocenters. The van der Waals surface area contributed by atoms with Crippen LogP contribution in [0.3, 0.4) is 0 Å². The van der Waals surface area contributed by atoms with Gasteiger partial charge in [0.2, 0.25) is 0 Å². The molecule has 0 N–H and O–H groups in total. The second-order valence-electron chi connectivity index (χ2n) is 7.88. The number of carbonyl (C=O) groups excluding carboxylic acids is 3. The van der Waals surface area contributed by atoms with Gasteiger partial charge in [0.25, 0.3) is 11.1 Å². The van der Waals surface area contributed by atoms with Gasteiger partial charge in [-0.05, 0) is 30.0 Å². The number of Topliss-reactive ketones (excluding diaryl/α,β-unsaturated/α-hetero) is 1. The number of halogens is 1. The Morgan fingerprint density at radius 3 is 2.41 bits per heavy atom. The van der Waals surface area contributed by atoms with Crippen molar-refractivity contribution >= 4 is 45.7 Å². The highest BCUT2D eigenvalue weighted by Gasteiger charge is 2.36. The minimum Gasteiger partial charge on any atom is -0.342 e. The SMILES string of the molecule is O=C(CN1C(=O)S/C(=C\c2cn(Cc3ccccc3F)c3ccccc23)C1=O)c1ccccc1. The molecule has 3 aromatic carbocycles. The summed E-state index contributed by atoms with van der Waals surface area (Å²) in [6.07, 6.45) is 3.51. The quantitative estimate of drug-likeness (QED) is 0.266. The van der Waals surface area contributed by atoms with E-state index in [2.05, 4.69) is 0 Å². The van der Waals surface area contributed by atoms with E-state index < -0.39 is 11.1 Å². The van der Waals surface area contributed by atoms with Gasteiger partial charge in [-0.15, -0.1) is 0 Å². The van der Waals surface area contributed by atoms with Crippen molar-refractivity contribution in [1.82, 2.24) is 9.47 Å². The maximum atomic E-state index is 14.2. The lowest BCUT2D eigenvalue weighted by Gasteiger charge is -2.11. The van der Waals surface area contributed by atoms with Crippen molar-refractivity contribution in [2.24, 2.45) is 0 Å². The number of hydrogen-bond acceptors (Lipinski definition) is 4. The zero-order valence-electron chi connectivity index (χ0n) is 18.0. The molecule has 0 radical (unpaired) electrons. The van der Waals surface area contributed by atoms with Crippen molar-refractivity contribution in [3.05, 3.63) is 112 Å². The molecule has 34 heavy (non-hydrogen) atoms. The molecule has 5 nitrogen and oxygen atoms in total. The molecule has 1 aliphatic heterocycles. The number of nitrogens with zero attached hydrogens (tertiary/aromatic N) is 2. The monoisotopic (exact) mass is 470 g/mol. The van der Waals surface area contributed by atoms with Crippen LogP contribution in [0.4, 0.5) is 9.18 Å². The van der Waals surface area contributed by atoms with Crippen molar-refractivity contribution in [2.45, 2.75) is 6.54 Å². The maximum absolute atomic E-state index is 14.2. The first kappa shape index (κ1) is 21.9. The smallest absolute Gasteiger partial charge is 0.293 e. The summed E-state index contributed by atoms with van der Waals surface area (Å²) in [7, 11) is 0. The highest BCUT2D eigenvalue weighted by atomic mass is 32.2. The number of hydrogen-bond donors (Lipinski definition) is 0. The van der Waals surface area contributed by atoms with Crippen LogP contribution in [0, 0.1) is 5.82 Å². The molecular formula is C27H19FN2O3S. The Balaban J connectivity index is 1.44. The van der Waals surface area contributed by atoms with E-state index in [9.17, 15) is 18.8 Å². The number of ketones is 1. The molecule has 0 aliphatic carbocycles. The molecule has 2 amide bonds. The topological polar surface area (TPSA) is 59.4 Å². The second kappa shape index (κ2) is 9.11. The van der Waals surface area contributed by atoms with Gasteiger partial charge in [-0.1, -0.05) is 66.7 Å². The fourth-order valence-corrected chi connectivity index (χ4v) is 4.80. The van der Waals surface area contributed by atoms with Gasteiger partial charge >= 0.3 is 0 Å². The van der Waals surface area contributed by atoms with Gasteiger partial charge in [0.05, 0.1) is 18.0 Å². The average molecular weight is 471 g/mol. The lowest BCUT2D eigenvalue weighted by molar-refractivity contribution is -0.122. The minimum absolute atomic E-state index is 0.250. The Morgan fingerprint density at radius 2 is 1.62 bits per heavy atom. The van der Waals surface area contributed by atoms with Crippen LogP contribution >= 0.6 is 11.8 Å². The van der Waals surface area contributed by atoms with Gasteiger partial charge in [0, 0.05) is 33.8 Å². The van der Waals surface area contributed by atoms with Crippen LogP contribution in [-0.2, 0) is 11.3 Å². The molecular weight excluding hydrogens is 451 g/mol. The number of imide groups is 1. The predicted octanol–water partition coefficient (Wildman–Crippen LogP) is 5.75. The van der Waals surface area contributed by atoms with Crippen molar-refractivity contribution in [2.75, 3.05) is 6.54 Å². The highest BCUT2D eigenvalue weighted by Crippen LogP contribution is 2.34. The van der Waals surface area contributed by atoms with Crippen LogP contribution in [0.25, 0.3) is 17.0 Å². The van der Waals surface area contributed by atoms with Crippen molar-refractivity contribution in [1.29, 1.82) is 0 Å². The summed E-state index contributed by atoms with van der Waals surface area (Å²) in [5.74, 6) is -1.08. The Labute approximate surface area is 199 Å². The summed E-state index contributed by atoms with van der Waals surface area (Å²) in [5, 5.41) is 0.404. The van der Waals surface area contributed by atoms with Crippen LogP contribution < -0.4 is 0 Å². The van der Waals surface area contributed by atoms with E-state index in [1.54, 1.807) is 54.6 Å². The summed E-state index contributed by atoms with van der Waals surface area (Å²) < 4.78 is 16.1. The fourth-order valence-electron chi connectivity index (χ4n) is 3.97. The Bertz CT molecular complexity index is 1460. The summed E-state index contributed by atoms with van der Waals surface area (Å²) >= 11 is 0.815. The van der Waals surface area contributed by atoms with Gasteiger partial charge < -0.3 is 4.57 Å². The zero-order chi connectivity index (χ0) is 23.7. The standard InChI is InChI=1S/C27H19FN2O3S/c28-22-12-6-4-10-19(22)15-29-16-20(21-11-5-7-13-23(21)29)14-25-26(32)30(27(33)34-25)17-24(31)18-8-2-1-3-9-18/h1-14,16H,15,17H2/b25-14-. The predicted molar refractivity (Wildman–Crippen MR) is 131 cm³/mol. The van der Waals surface area contributed by atoms with E-state index in [-0.39, 0.29) is 23.1 Å². The van der Waals surface area contributed by atoms with Gasteiger partial charge in [0.1, 0.15) is 5.82 Å². The maximum Gasteiger partial charge on any atom is 0.293 e. The van der Waals surface area contributed by atoms with Gasteiger partial charge in [0.15, 0.2) is 5.78 Å². The van der Waals surface area contributed by atoms with E-state index in [1.807, 2.05) is 35.0 Å². The summed E-state index contributed by atoms with van der Waals surface area (Å²) in [5.41, 5.74) is 2.62. The Morgan fingerprint density at radius 1 is 0.912 bits per heavy atom. The van der Waals surface area contributed by atoms with E-state index >= 15 is 0 Å². The van der Waals surface area contributed by atoms with E-state index in [0.717, 1.165) is 33.1 Å². The van der Waals surface area contributed by atoms with Crippen LogP contribution in [-0.4, -0.2) is 32.9 Å². The van der Waals surface area contributed by atoms with E-state index in [1.165, 1.54) is 6.07 Å². The molecule has 0 spiro atoms. The number of amides is 2. The molecule has 5 rings (SSSR count). The van der Waals surface area contributed by atoms with Crippen LogP contribution in [0.1, 0.15) is 21.5 Å². The van der Waals surface area contributed by atoms with Crippen molar-refractivity contribution in [3.8, 4) is 0 Å². The molecule has 1 fully saturated rings. The van der Waals surface area contributed by atoms with Crippen LogP contribution in [0.2, 0.25) is 0 Å². The number of benzene rings is 3. The molecule has 168 valence electrons. The number of aromatic nitrogens is 1. The Kier molecular flexibility index (Phi) is 5.86. The first-order chi connectivity index (χ1) is 16.5. The van der Waals surface area contributed by atoms with Crippen LogP contribution in [0.5, 0.6) is 0 Å². The van der Waals surface area contributed by atoms with Gasteiger partial charge in [-0.25, -0.2) is 4.39 Å². The number of carbonyl (C=O) groups is 3. The summed E-state index contributed by atoms with van der Waals surface area (Å²) in [6.45, 7) is 0.0230. The molecule has 2 heterocycles. The molecule has 0 atom stereocenters. The molecule has 0 saturated carbocycles. The number of fused-ring (bicyclic) bond motifs is 1. The molecule has 1 aromatic heterocycles. The molecule has 1 saturated heterocycles. The lowest BCUT2D eigenvalue weighted by atomic mass is 10.1. The summed E-state index contributed by atoms with van der Waals surface area (Å²) in [4.78, 5) is 39.3. The van der Waals surface area contributed by atoms with Crippen molar-refractivity contribution in [3.63, 3.8) is 0 Å². The number of rotatable bonds is 6. The molecule has 0 bridgehead atoms. The number of para-hydroxylation sites is 1. The highest BCUT2D eigenvalue weighted by molar-refractivity contribution is 8.18. The normalized spacial score (nSPS) is 15.0. The van der Waals surface area contributed by atoms with E-state index in [4.69, 9.17) is 0 Å². The van der Waals surface area contributed by atoms with Gasteiger partial charge in [-0.2, -0.15) is 0 Å². The van der Waals surface area contributed by atoms with Crippen molar-refractivity contribution < 1.29 is 18.8 Å². The van der Waals surface area contributed by atoms with E-state index in [0.29, 0.717) is 17.7 Å². The van der Waals surface area contributed by atoms with Gasteiger partial charge in [-0.3, -0.25) is 19.3 Å². The Hall–Kier alpha value is -3.97. The fraction of sp³-hybridized carbons (Fsp3) is 0.0741. The first-order valence-corrected chi connectivity index (χ1v) is 11.5. The zero-order valence-corrected chi connectivity index (χ0v) is 18.8. The molecule has 7 heteroatoms. The third kappa shape index (κ3) is 4.18. The average Bonchev–Trinajstić information content (AvgIpc) is 3.33. The first-order valence-electron chi connectivity index (χ1n) is 10.7. The third-order valence-corrected chi connectivity index (χ3v) is 6.58.